The fourth-order valence-electron chi connectivity index (χ4n) is 0.653. The summed E-state index contributed by atoms with van der Waals surface area (Å²) in [5.74, 6) is 5.94. The highest BCUT2D eigenvalue weighted by atomic mass is 16.1. The smallest absolute Gasteiger partial charge is 0.253 e. The molecule has 54 valence electrons. The van der Waals surface area contributed by atoms with Gasteiger partial charge in [0, 0.05) is 6.07 Å². The first-order valence-corrected chi connectivity index (χ1v) is 2.77. The molecule has 0 radical (unpaired) electrons. The van der Waals surface area contributed by atoms with Gasteiger partial charge >= 0.3 is 0 Å². The van der Waals surface area contributed by atoms with Crippen molar-refractivity contribution in [1.29, 1.82) is 0 Å². The molecule has 1 heterocycles. The molecular formula is C5H8N4O. The molecule has 0 atom stereocenters. The highest BCUT2D eigenvalue weighted by molar-refractivity contribution is 5.30. The van der Waals surface area contributed by atoms with Gasteiger partial charge < -0.3 is 10.4 Å². The molecule has 1 aromatic heterocycles. The number of nitrogens with one attached hydrogen (secondary N) is 2. The van der Waals surface area contributed by atoms with Gasteiger partial charge in [0.1, 0.15) is 11.6 Å². The van der Waals surface area contributed by atoms with Crippen LogP contribution < -0.4 is 16.8 Å². The van der Waals surface area contributed by atoms with Crippen LogP contribution in [0.1, 0.15) is 5.82 Å². The summed E-state index contributed by atoms with van der Waals surface area (Å²) in [5, 5.41) is 0. The van der Waals surface area contributed by atoms with E-state index in [0.717, 1.165) is 0 Å². The third-order valence-corrected chi connectivity index (χ3v) is 1.01. The maximum atomic E-state index is 10.7. The van der Waals surface area contributed by atoms with E-state index in [1.165, 1.54) is 6.07 Å². The summed E-state index contributed by atoms with van der Waals surface area (Å²) >= 11 is 0. The summed E-state index contributed by atoms with van der Waals surface area (Å²) in [6.45, 7) is 1.68. The first kappa shape index (κ1) is 6.76. The third-order valence-electron chi connectivity index (χ3n) is 1.01. The lowest BCUT2D eigenvalue weighted by Crippen LogP contribution is -2.15. The van der Waals surface area contributed by atoms with Gasteiger partial charge in [-0.25, -0.2) is 10.8 Å². The molecule has 0 spiro atoms. The summed E-state index contributed by atoms with van der Waals surface area (Å²) < 4.78 is 0. The zero-order valence-electron chi connectivity index (χ0n) is 5.51. The number of nitrogens with two attached hydrogens (primary N) is 1. The number of aromatic nitrogens is 2. The Morgan fingerprint density at radius 1 is 1.80 bits per heavy atom. The van der Waals surface area contributed by atoms with Gasteiger partial charge in [-0.3, -0.25) is 4.79 Å². The second kappa shape index (κ2) is 2.49. The van der Waals surface area contributed by atoms with Crippen molar-refractivity contribution < 1.29 is 0 Å². The molecule has 5 heteroatoms. The standard InChI is InChI=1S/C5H8N4O/c1-3-7-4(9-6)2-5(10)8-3/h2H,6H2,1H3,(H2,7,8,9,10). The van der Waals surface area contributed by atoms with E-state index < -0.39 is 0 Å². The molecule has 0 fully saturated rings. The van der Waals surface area contributed by atoms with Crippen LogP contribution in [0.4, 0.5) is 5.82 Å². The molecular weight excluding hydrogens is 132 g/mol. The molecule has 0 amide bonds. The van der Waals surface area contributed by atoms with Gasteiger partial charge in [0.15, 0.2) is 0 Å². The molecule has 4 N–H and O–H groups in total. The zero-order chi connectivity index (χ0) is 7.56. The maximum Gasteiger partial charge on any atom is 0.253 e. The number of nitrogens with zero attached hydrogens (tertiary/aromatic N) is 1. The third kappa shape index (κ3) is 1.32. The quantitative estimate of drug-likeness (QED) is 0.358. The molecule has 10 heavy (non-hydrogen) atoms. The minimum Gasteiger partial charge on any atom is -0.311 e. The van der Waals surface area contributed by atoms with Gasteiger partial charge in [0.25, 0.3) is 5.56 Å². The molecule has 0 aliphatic heterocycles. The van der Waals surface area contributed by atoms with Gasteiger partial charge in [0.05, 0.1) is 0 Å². The summed E-state index contributed by atoms with van der Waals surface area (Å²) in [5.41, 5.74) is 2.07. The van der Waals surface area contributed by atoms with E-state index >= 15 is 0 Å². The number of anilines is 1. The first-order chi connectivity index (χ1) is 4.72. The minimum absolute atomic E-state index is 0.208. The Labute approximate surface area is 57.3 Å². The largest absolute Gasteiger partial charge is 0.311 e. The van der Waals surface area contributed by atoms with Crippen LogP contribution in [0, 0.1) is 6.92 Å². The Balaban J connectivity index is 3.19. The van der Waals surface area contributed by atoms with Crippen molar-refractivity contribution >= 4 is 5.82 Å². The number of hydrogen-bond acceptors (Lipinski definition) is 4. The number of aromatic amines is 1. The summed E-state index contributed by atoms with van der Waals surface area (Å²) in [6.07, 6.45) is 0. The molecule has 0 unspecified atom stereocenters. The predicted molar refractivity (Wildman–Crippen MR) is 37.4 cm³/mol. The second-order valence-electron chi connectivity index (χ2n) is 1.86. The van der Waals surface area contributed by atoms with Crippen molar-refractivity contribution in [3.8, 4) is 0 Å². The van der Waals surface area contributed by atoms with E-state index in [1.807, 2.05) is 0 Å². The SMILES string of the molecule is Cc1nc(NN)cc(=O)[nH]1. The normalized spacial score (nSPS) is 9.40. The van der Waals surface area contributed by atoms with Crippen molar-refractivity contribution in [2.45, 2.75) is 6.92 Å². The van der Waals surface area contributed by atoms with Crippen LogP contribution in [0.25, 0.3) is 0 Å². The van der Waals surface area contributed by atoms with E-state index in [4.69, 9.17) is 5.84 Å². The van der Waals surface area contributed by atoms with Crippen LogP contribution in [0.2, 0.25) is 0 Å². The summed E-state index contributed by atoms with van der Waals surface area (Å²) in [6, 6.07) is 1.28. The average Bonchev–Trinajstić information content (AvgIpc) is 1.85. The Morgan fingerprint density at radius 3 is 3.00 bits per heavy atom. The Hall–Kier alpha value is -1.36. The Kier molecular flexibility index (Phi) is 1.68. The van der Waals surface area contributed by atoms with Gasteiger partial charge in [-0.1, -0.05) is 0 Å². The number of nitrogen functional groups attached to an aromatic ring is 1. The molecule has 0 aliphatic rings. The van der Waals surface area contributed by atoms with Crippen LogP contribution in [0.3, 0.4) is 0 Å². The second-order valence-corrected chi connectivity index (χ2v) is 1.86. The number of rotatable bonds is 1. The van der Waals surface area contributed by atoms with E-state index in [-0.39, 0.29) is 5.56 Å². The molecule has 0 aliphatic carbocycles. The van der Waals surface area contributed by atoms with Crippen LogP contribution in [-0.2, 0) is 0 Å². The Morgan fingerprint density at radius 2 is 2.50 bits per heavy atom. The average molecular weight is 140 g/mol. The fraction of sp³-hybridized carbons (Fsp3) is 0.200. The number of aryl methyl sites for hydroxylation is 1. The topological polar surface area (TPSA) is 83.8 Å². The van der Waals surface area contributed by atoms with E-state index in [0.29, 0.717) is 11.6 Å². The lowest BCUT2D eigenvalue weighted by Gasteiger charge is -1.96. The Bertz CT molecular complexity index is 279. The van der Waals surface area contributed by atoms with E-state index in [2.05, 4.69) is 15.4 Å². The van der Waals surface area contributed by atoms with Crippen molar-refractivity contribution in [3.05, 3.63) is 22.2 Å². The van der Waals surface area contributed by atoms with Crippen molar-refractivity contribution in [2.75, 3.05) is 5.43 Å². The zero-order valence-corrected chi connectivity index (χ0v) is 5.51. The highest BCUT2D eigenvalue weighted by Gasteiger charge is 1.92. The molecule has 5 nitrogen and oxygen atoms in total. The van der Waals surface area contributed by atoms with Gasteiger partial charge in [-0.05, 0) is 6.92 Å². The predicted octanol–water partition coefficient (Wildman–Crippen LogP) is -0.636. The molecule has 0 saturated carbocycles. The first-order valence-electron chi connectivity index (χ1n) is 2.77. The molecule has 1 rings (SSSR count). The molecule has 1 aromatic rings. The van der Waals surface area contributed by atoms with Crippen LogP contribution in [-0.4, -0.2) is 9.97 Å². The van der Waals surface area contributed by atoms with Crippen molar-refractivity contribution in [3.63, 3.8) is 0 Å². The highest BCUT2D eigenvalue weighted by Crippen LogP contribution is 1.92. The number of hydrogen-bond donors (Lipinski definition) is 3. The molecule has 0 bridgehead atoms. The van der Waals surface area contributed by atoms with Gasteiger partial charge in [-0.2, -0.15) is 0 Å². The van der Waals surface area contributed by atoms with E-state index in [9.17, 15) is 4.79 Å². The van der Waals surface area contributed by atoms with E-state index in [1.54, 1.807) is 6.92 Å². The van der Waals surface area contributed by atoms with Gasteiger partial charge in [0.2, 0.25) is 0 Å². The van der Waals surface area contributed by atoms with Crippen LogP contribution in [0.15, 0.2) is 10.9 Å². The summed E-state index contributed by atoms with van der Waals surface area (Å²) in [4.78, 5) is 17.0. The fourth-order valence-corrected chi connectivity index (χ4v) is 0.653. The van der Waals surface area contributed by atoms with Crippen molar-refractivity contribution in [2.24, 2.45) is 5.84 Å². The van der Waals surface area contributed by atoms with Gasteiger partial charge in [-0.15, -0.1) is 0 Å². The van der Waals surface area contributed by atoms with Crippen LogP contribution >= 0.6 is 0 Å². The summed E-state index contributed by atoms with van der Waals surface area (Å²) in [7, 11) is 0. The monoisotopic (exact) mass is 140 g/mol. The van der Waals surface area contributed by atoms with Crippen molar-refractivity contribution in [1.82, 2.24) is 9.97 Å². The molecule has 0 saturated heterocycles. The molecule has 0 aromatic carbocycles. The number of H-pyrrole nitrogens is 1. The lowest BCUT2D eigenvalue weighted by atomic mass is 10.5. The number of hydrazine groups is 1. The minimum atomic E-state index is -0.208. The van der Waals surface area contributed by atoms with Crippen LogP contribution in [0.5, 0.6) is 0 Å². The maximum absolute atomic E-state index is 10.7. The lowest BCUT2D eigenvalue weighted by molar-refractivity contribution is 1.01.